The van der Waals surface area contributed by atoms with Gasteiger partial charge >= 0.3 is 5.97 Å². The van der Waals surface area contributed by atoms with Gasteiger partial charge in [-0.15, -0.1) is 0 Å². The third kappa shape index (κ3) is 8.50. The molecule has 35 heavy (non-hydrogen) atoms. The van der Waals surface area contributed by atoms with Crippen molar-refractivity contribution in [3.8, 4) is 0 Å². The molecule has 12 heteroatoms. The van der Waals surface area contributed by atoms with Crippen LogP contribution in [0.4, 0.5) is 0 Å². The fraction of sp³-hybridized carbons (Fsp3) is 0.435. The number of aliphatic carboxylic acids is 1. The Labute approximate surface area is 202 Å². The molecule has 0 bridgehead atoms. The standard InChI is InChI=1S/C23H32N6O6/c1-13(2)19(22(33)28-18(23(34)35)8-14-6-4-3-5-7-14)29-21(32)17(9-15-10-25-12-26-15)27-20(31)16(24)11-30/h3-7,10,12-13,16-19,30H,8-9,11,24H2,1-2H3,(H,25,26)(H,27,31)(H,28,33)(H,29,32)(H,34,35). The topological polar surface area (TPSA) is 200 Å². The van der Waals surface area contributed by atoms with Crippen LogP contribution in [0.3, 0.4) is 0 Å². The van der Waals surface area contributed by atoms with E-state index in [0.717, 1.165) is 5.56 Å². The minimum atomic E-state index is -1.23. The Hall–Kier alpha value is -3.77. The Kier molecular flexibility index (Phi) is 10.4. The number of carboxylic acids is 1. The minimum Gasteiger partial charge on any atom is -0.480 e. The van der Waals surface area contributed by atoms with Crippen molar-refractivity contribution >= 4 is 23.7 Å². The summed E-state index contributed by atoms with van der Waals surface area (Å²) in [5, 5.41) is 26.3. The number of H-pyrrole nitrogens is 1. The number of nitrogens with one attached hydrogen (secondary N) is 4. The summed E-state index contributed by atoms with van der Waals surface area (Å²) in [4.78, 5) is 56.8. The van der Waals surface area contributed by atoms with Crippen molar-refractivity contribution in [1.82, 2.24) is 25.9 Å². The highest BCUT2D eigenvalue weighted by molar-refractivity contribution is 5.94. The average molecular weight is 489 g/mol. The maximum absolute atomic E-state index is 13.1. The van der Waals surface area contributed by atoms with Gasteiger partial charge in [-0.25, -0.2) is 9.78 Å². The second kappa shape index (κ2) is 13.2. The van der Waals surface area contributed by atoms with Gasteiger partial charge in [0.05, 0.1) is 12.9 Å². The molecule has 0 aliphatic carbocycles. The van der Waals surface area contributed by atoms with Crippen LogP contribution in [-0.4, -0.2) is 74.6 Å². The number of imidazole rings is 1. The first-order chi connectivity index (χ1) is 16.6. The van der Waals surface area contributed by atoms with E-state index in [-0.39, 0.29) is 12.8 Å². The van der Waals surface area contributed by atoms with Gasteiger partial charge in [0.25, 0.3) is 0 Å². The van der Waals surface area contributed by atoms with Crippen LogP contribution in [0, 0.1) is 5.92 Å². The quantitative estimate of drug-likeness (QED) is 0.180. The lowest BCUT2D eigenvalue weighted by Crippen LogP contribution is -2.59. The maximum atomic E-state index is 13.1. The summed E-state index contributed by atoms with van der Waals surface area (Å²) in [6.45, 7) is 2.78. The van der Waals surface area contributed by atoms with E-state index in [1.54, 1.807) is 44.2 Å². The molecule has 1 heterocycles. The van der Waals surface area contributed by atoms with Gasteiger partial charge in [-0.3, -0.25) is 14.4 Å². The van der Waals surface area contributed by atoms with Crippen LogP contribution < -0.4 is 21.7 Å². The molecular weight excluding hydrogens is 456 g/mol. The SMILES string of the molecule is CC(C)C(NC(=O)C(Cc1cnc[nH]1)NC(=O)C(N)CO)C(=O)NC(Cc1ccccc1)C(=O)O. The number of carbonyl (C=O) groups excluding carboxylic acids is 3. The van der Waals surface area contributed by atoms with Gasteiger partial charge in [0.1, 0.15) is 24.2 Å². The number of carbonyl (C=O) groups is 4. The van der Waals surface area contributed by atoms with Crippen molar-refractivity contribution in [3.05, 3.63) is 54.1 Å². The third-order valence-corrected chi connectivity index (χ3v) is 5.29. The predicted molar refractivity (Wildman–Crippen MR) is 126 cm³/mol. The number of aromatic nitrogens is 2. The number of nitrogens with zero attached hydrogens (tertiary/aromatic N) is 1. The summed E-state index contributed by atoms with van der Waals surface area (Å²) >= 11 is 0. The number of nitrogens with two attached hydrogens (primary N) is 1. The molecule has 0 spiro atoms. The predicted octanol–water partition coefficient (Wildman–Crippen LogP) is -1.29. The lowest BCUT2D eigenvalue weighted by Gasteiger charge is -2.27. The largest absolute Gasteiger partial charge is 0.480 e. The molecule has 12 nitrogen and oxygen atoms in total. The molecule has 0 aliphatic heterocycles. The number of benzene rings is 1. The Morgan fingerprint density at radius 2 is 1.63 bits per heavy atom. The van der Waals surface area contributed by atoms with Gasteiger partial charge in [0.2, 0.25) is 17.7 Å². The van der Waals surface area contributed by atoms with Gasteiger partial charge in [-0.1, -0.05) is 44.2 Å². The Balaban J connectivity index is 2.15. The van der Waals surface area contributed by atoms with Crippen molar-refractivity contribution in [1.29, 1.82) is 0 Å². The first-order valence-electron chi connectivity index (χ1n) is 11.1. The summed E-state index contributed by atoms with van der Waals surface area (Å²) in [7, 11) is 0. The minimum absolute atomic E-state index is 0.0217. The molecule has 4 unspecified atom stereocenters. The average Bonchev–Trinajstić information content (AvgIpc) is 3.34. The van der Waals surface area contributed by atoms with E-state index < -0.39 is 60.4 Å². The molecule has 0 aliphatic rings. The molecule has 0 radical (unpaired) electrons. The monoisotopic (exact) mass is 488 g/mol. The van der Waals surface area contributed by atoms with Crippen molar-refractivity contribution < 1.29 is 29.4 Å². The summed E-state index contributed by atoms with van der Waals surface area (Å²) in [5.41, 5.74) is 6.82. The highest BCUT2D eigenvalue weighted by Crippen LogP contribution is 2.08. The molecule has 1 aromatic carbocycles. The highest BCUT2D eigenvalue weighted by atomic mass is 16.4. The Morgan fingerprint density at radius 1 is 0.971 bits per heavy atom. The van der Waals surface area contributed by atoms with Gasteiger partial charge in [0.15, 0.2) is 0 Å². The zero-order chi connectivity index (χ0) is 26.0. The molecule has 0 saturated heterocycles. The zero-order valence-electron chi connectivity index (χ0n) is 19.6. The van der Waals surface area contributed by atoms with Crippen LogP contribution in [0.1, 0.15) is 25.1 Å². The number of aliphatic hydroxyl groups excluding tert-OH is 1. The van der Waals surface area contributed by atoms with Crippen LogP contribution in [0.25, 0.3) is 0 Å². The second-order valence-corrected chi connectivity index (χ2v) is 8.45. The van der Waals surface area contributed by atoms with Crippen LogP contribution in [0.15, 0.2) is 42.9 Å². The summed E-state index contributed by atoms with van der Waals surface area (Å²) in [6, 6.07) is 4.20. The van der Waals surface area contributed by atoms with Crippen molar-refractivity contribution in [2.75, 3.05) is 6.61 Å². The second-order valence-electron chi connectivity index (χ2n) is 8.45. The zero-order valence-corrected chi connectivity index (χ0v) is 19.6. The molecule has 0 fully saturated rings. The Bertz CT molecular complexity index is 982. The van der Waals surface area contributed by atoms with Crippen LogP contribution in [0.5, 0.6) is 0 Å². The number of rotatable bonds is 13. The number of amides is 3. The lowest BCUT2D eigenvalue weighted by molar-refractivity contribution is -0.142. The molecule has 8 N–H and O–H groups in total. The number of hydrogen-bond donors (Lipinski definition) is 7. The molecular formula is C23H32N6O6. The molecule has 3 amide bonds. The smallest absolute Gasteiger partial charge is 0.326 e. The van der Waals surface area contributed by atoms with E-state index in [0.29, 0.717) is 5.69 Å². The number of aliphatic hydroxyl groups is 1. The maximum Gasteiger partial charge on any atom is 0.326 e. The van der Waals surface area contributed by atoms with Crippen molar-refractivity contribution in [3.63, 3.8) is 0 Å². The van der Waals surface area contributed by atoms with E-state index in [1.165, 1.54) is 12.5 Å². The van der Waals surface area contributed by atoms with Gasteiger partial charge in [-0.2, -0.15) is 0 Å². The van der Waals surface area contributed by atoms with Gasteiger partial charge < -0.3 is 36.9 Å². The summed E-state index contributed by atoms with van der Waals surface area (Å²) in [6.07, 6.45) is 2.98. The number of carboxylic acid groups (broad SMARTS) is 1. The molecule has 2 rings (SSSR count). The van der Waals surface area contributed by atoms with Gasteiger partial charge in [-0.05, 0) is 11.5 Å². The van der Waals surface area contributed by atoms with Crippen LogP contribution >= 0.6 is 0 Å². The third-order valence-electron chi connectivity index (χ3n) is 5.29. The summed E-state index contributed by atoms with van der Waals surface area (Å²) < 4.78 is 0. The first kappa shape index (κ1) is 27.5. The molecule has 2 aromatic rings. The molecule has 4 atom stereocenters. The Morgan fingerprint density at radius 3 is 2.17 bits per heavy atom. The highest BCUT2D eigenvalue weighted by Gasteiger charge is 2.32. The number of hydrogen-bond acceptors (Lipinski definition) is 7. The fourth-order valence-corrected chi connectivity index (χ4v) is 3.29. The molecule has 0 saturated carbocycles. The first-order valence-corrected chi connectivity index (χ1v) is 11.1. The van der Waals surface area contributed by atoms with Gasteiger partial charge in [0, 0.05) is 24.7 Å². The van der Waals surface area contributed by atoms with E-state index in [2.05, 4.69) is 25.9 Å². The van der Waals surface area contributed by atoms with E-state index in [4.69, 9.17) is 10.8 Å². The normalized spacial score (nSPS) is 14.4. The van der Waals surface area contributed by atoms with Crippen LogP contribution in [0.2, 0.25) is 0 Å². The number of aromatic amines is 1. The van der Waals surface area contributed by atoms with E-state index >= 15 is 0 Å². The van der Waals surface area contributed by atoms with Crippen molar-refractivity contribution in [2.45, 2.75) is 50.9 Å². The summed E-state index contributed by atoms with van der Waals surface area (Å²) in [5.74, 6) is -3.70. The fourth-order valence-electron chi connectivity index (χ4n) is 3.29. The van der Waals surface area contributed by atoms with E-state index in [1.807, 2.05) is 0 Å². The molecule has 1 aromatic heterocycles. The van der Waals surface area contributed by atoms with Crippen molar-refractivity contribution in [2.24, 2.45) is 11.7 Å². The lowest BCUT2D eigenvalue weighted by atomic mass is 10.0. The van der Waals surface area contributed by atoms with E-state index in [9.17, 15) is 24.3 Å². The van der Waals surface area contributed by atoms with Crippen LogP contribution in [-0.2, 0) is 32.0 Å². The molecule has 190 valence electrons.